The van der Waals surface area contributed by atoms with Crippen LogP contribution in [0.4, 0.5) is 8.78 Å². The highest BCUT2D eigenvalue weighted by Gasteiger charge is 2.23. The average molecular weight is 199 g/mol. The molecule has 2 nitrogen and oxygen atoms in total. The van der Waals surface area contributed by atoms with Crippen LogP contribution in [0.25, 0.3) is 0 Å². The normalized spacial score (nSPS) is 26.8. The van der Waals surface area contributed by atoms with Crippen LogP contribution < -0.4 is 5.32 Å². The van der Waals surface area contributed by atoms with Crippen molar-refractivity contribution in [2.45, 2.75) is 18.6 Å². The lowest BCUT2D eigenvalue weighted by Crippen LogP contribution is -2.15. The molecule has 1 aromatic rings. The molecule has 0 bridgehead atoms. The second kappa shape index (κ2) is 3.63. The smallest absolute Gasteiger partial charge is 0.159 e. The Morgan fingerprint density at radius 2 is 2.07 bits per heavy atom. The number of halogens is 2. The Morgan fingerprint density at radius 3 is 2.64 bits per heavy atom. The fourth-order valence-electron chi connectivity index (χ4n) is 1.70. The lowest BCUT2D eigenvalue weighted by atomic mass is 10.0. The minimum Gasteiger partial charge on any atom is -0.392 e. The summed E-state index contributed by atoms with van der Waals surface area (Å²) in [6.07, 6.45) is 0.151. The number of benzene rings is 1. The van der Waals surface area contributed by atoms with Crippen molar-refractivity contribution in [1.29, 1.82) is 0 Å². The van der Waals surface area contributed by atoms with E-state index in [2.05, 4.69) is 5.32 Å². The Morgan fingerprint density at radius 1 is 1.29 bits per heavy atom. The van der Waals surface area contributed by atoms with Gasteiger partial charge in [-0.2, -0.15) is 0 Å². The maximum absolute atomic E-state index is 12.9. The van der Waals surface area contributed by atoms with Crippen LogP contribution in [-0.4, -0.2) is 17.8 Å². The van der Waals surface area contributed by atoms with Crippen LogP contribution >= 0.6 is 0 Å². The van der Waals surface area contributed by atoms with E-state index in [1.807, 2.05) is 0 Å². The minimum atomic E-state index is -0.842. The van der Waals surface area contributed by atoms with E-state index in [1.165, 1.54) is 12.1 Å². The van der Waals surface area contributed by atoms with Gasteiger partial charge < -0.3 is 10.4 Å². The molecule has 2 atom stereocenters. The van der Waals surface area contributed by atoms with E-state index in [1.54, 1.807) is 0 Å². The molecule has 4 heteroatoms. The monoisotopic (exact) mass is 199 g/mol. The summed E-state index contributed by atoms with van der Waals surface area (Å²) in [7, 11) is 0. The molecule has 2 rings (SSSR count). The van der Waals surface area contributed by atoms with Crippen molar-refractivity contribution in [3.63, 3.8) is 0 Å². The third-order valence-corrected chi connectivity index (χ3v) is 2.45. The molecule has 0 amide bonds. The first-order valence-corrected chi connectivity index (χ1v) is 4.53. The number of rotatable bonds is 1. The summed E-state index contributed by atoms with van der Waals surface area (Å²) < 4.78 is 25.5. The molecule has 1 heterocycles. The molecule has 1 aliphatic rings. The van der Waals surface area contributed by atoms with E-state index in [9.17, 15) is 13.9 Å². The van der Waals surface area contributed by atoms with Crippen LogP contribution in [0, 0.1) is 11.6 Å². The maximum Gasteiger partial charge on any atom is 0.159 e. The zero-order valence-electron chi connectivity index (χ0n) is 7.50. The quantitative estimate of drug-likeness (QED) is 0.715. The molecule has 1 aromatic carbocycles. The van der Waals surface area contributed by atoms with E-state index >= 15 is 0 Å². The van der Waals surface area contributed by atoms with E-state index in [-0.39, 0.29) is 6.04 Å². The van der Waals surface area contributed by atoms with Gasteiger partial charge in [-0.05, 0) is 24.1 Å². The Hall–Kier alpha value is -1.00. The van der Waals surface area contributed by atoms with Gasteiger partial charge in [-0.25, -0.2) is 8.78 Å². The molecule has 1 aliphatic heterocycles. The number of hydrogen-bond donors (Lipinski definition) is 2. The highest BCUT2D eigenvalue weighted by molar-refractivity contribution is 5.22. The van der Waals surface area contributed by atoms with Crippen LogP contribution in [0.2, 0.25) is 0 Å². The van der Waals surface area contributed by atoms with Crippen molar-refractivity contribution in [3.05, 3.63) is 35.4 Å². The van der Waals surface area contributed by atoms with E-state index < -0.39 is 17.7 Å². The highest BCUT2D eigenvalue weighted by atomic mass is 19.2. The highest BCUT2D eigenvalue weighted by Crippen LogP contribution is 2.24. The van der Waals surface area contributed by atoms with Gasteiger partial charge in [0.1, 0.15) is 0 Å². The third kappa shape index (κ3) is 1.76. The number of hydrogen-bond acceptors (Lipinski definition) is 2. The van der Waals surface area contributed by atoms with Gasteiger partial charge in [0, 0.05) is 12.6 Å². The summed E-state index contributed by atoms with van der Waals surface area (Å²) in [5, 5.41) is 12.3. The van der Waals surface area contributed by atoms with Gasteiger partial charge in [-0.1, -0.05) is 6.07 Å². The average Bonchev–Trinajstić information content (AvgIpc) is 2.57. The molecular weight excluding hydrogens is 188 g/mol. The molecule has 0 aromatic heterocycles. The summed E-state index contributed by atoms with van der Waals surface area (Å²) in [6, 6.07) is 3.75. The van der Waals surface area contributed by atoms with Crippen molar-refractivity contribution in [2.24, 2.45) is 0 Å². The first-order valence-electron chi connectivity index (χ1n) is 4.53. The minimum absolute atomic E-state index is 0.0694. The van der Waals surface area contributed by atoms with Gasteiger partial charge in [0.2, 0.25) is 0 Å². The molecule has 2 unspecified atom stereocenters. The topological polar surface area (TPSA) is 32.3 Å². The standard InChI is InChI=1S/C10H11F2NO/c11-8-2-1-6(3-9(8)12)10-4-7(14)5-13-10/h1-3,7,10,13-14H,4-5H2. The fourth-order valence-corrected chi connectivity index (χ4v) is 1.70. The molecule has 0 radical (unpaired) electrons. The molecule has 2 N–H and O–H groups in total. The summed E-state index contributed by atoms with van der Waals surface area (Å²) >= 11 is 0. The number of nitrogens with one attached hydrogen (secondary N) is 1. The SMILES string of the molecule is OC1CNC(c2ccc(F)c(F)c2)C1. The molecule has 76 valence electrons. The Balaban J connectivity index is 2.20. The third-order valence-electron chi connectivity index (χ3n) is 2.45. The lowest BCUT2D eigenvalue weighted by Gasteiger charge is -2.10. The molecule has 0 spiro atoms. The van der Waals surface area contributed by atoms with Crippen LogP contribution in [0.3, 0.4) is 0 Å². The van der Waals surface area contributed by atoms with Gasteiger partial charge in [0.25, 0.3) is 0 Å². The Bertz CT molecular complexity index is 343. The largest absolute Gasteiger partial charge is 0.392 e. The van der Waals surface area contributed by atoms with Crippen molar-refractivity contribution in [1.82, 2.24) is 5.32 Å². The summed E-state index contributed by atoms with van der Waals surface area (Å²) in [5.74, 6) is -1.68. The van der Waals surface area contributed by atoms with Gasteiger partial charge >= 0.3 is 0 Å². The van der Waals surface area contributed by atoms with Gasteiger partial charge in [0.05, 0.1) is 6.10 Å². The maximum atomic E-state index is 12.9. The van der Waals surface area contributed by atoms with Crippen molar-refractivity contribution >= 4 is 0 Å². The predicted octanol–water partition coefficient (Wildman–Crippen LogP) is 1.36. The number of β-amino-alcohol motifs (C(OH)–C–C–N with tert-alkyl or cyclic N) is 1. The van der Waals surface area contributed by atoms with E-state index in [0.29, 0.717) is 18.5 Å². The molecule has 14 heavy (non-hydrogen) atoms. The lowest BCUT2D eigenvalue weighted by molar-refractivity contribution is 0.193. The zero-order valence-corrected chi connectivity index (χ0v) is 7.50. The van der Waals surface area contributed by atoms with Crippen molar-refractivity contribution in [2.75, 3.05) is 6.54 Å². The molecule has 0 aliphatic carbocycles. The second-order valence-corrected chi connectivity index (χ2v) is 3.52. The molecular formula is C10H11F2NO. The summed E-state index contributed by atoms with van der Waals surface area (Å²) in [5.41, 5.74) is 0.681. The summed E-state index contributed by atoms with van der Waals surface area (Å²) in [4.78, 5) is 0. The first kappa shape index (κ1) is 9.55. The van der Waals surface area contributed by atoms with Crippen LogP contribution in [0.1, 0.15) is 18.0 Å². The van der Waals surface area contributed by atoms with Crippen molar-refractivity contribution < 1.29 is 13.9 Å². The van der Waals surface area contributed by atoms with Crippen LogP contribution in [0.15, 0.2) is 18.2 Å². The predicted molar refractivity (Wildman–Crippen MR) is 47.7 cm³/mol. The van der Waals surface area contributed by atoms with Crippen LogP contribution in [0.5, 0.6) is 0 Å². The molecule has 1 fully saturated rings. The van der Waals surface area contributed by atoms with Gasteiger partial charge in [0.15, 0.2) is 11.6 Å². The second-order valence-electron chi connectivity index (χ2n) is 3.52. The van der Waals surface area contributed by atoms with Gasteiger partial charge in [-0.3, -0.25) is 0 Å². The van der Waals surface area contributed by atoms with E-state index in [4.69, 9.17) is 0 Å². The molecule has 0 saturated carbocycles. The van der Waals surface area contributed by atoms with Crippen LogP contribution in [-0.2, 0) is 0 Å². The Kier molecular flexibility index (Phi) is 2.48. The Labute approximate surface area is 80.6 Å². The van der Waals surface area contributed by atoms with E-state index in [0.717, 1.165) is 6.07 Å². The summed E-state index contributed by atoms with van der Waals surface area (Å²) in [6.45, 7) is 0.504. The first-order chi connectivity index (χ1) is 6.66. The number of aliphatic hydroxyl groups is 1. The van der Waals surface area contributed by atoms with Crippen molar-refractivity contribution in [3.8, 4) is 0 Å². The van der Waals surface area contributed by atoms with Gasteiger partial charge in [-0.15, -0.1) is 0 Å². The zero-order chi connectivity index (χ0) is 10.1. The number of aliphatic hydroxyl groups excluding tert-OH is 1. The fraction of sp³-hybridized carbons (Fsp3) is 0.400. The molecule has 1 saturated heterocycles.